The Morgan fingerprint density at radius 2 is 1.78 bits per heavy atom. The Hall–Kier alpha value is -0.0800. The molecule has 0 aromatic carbocycles. The van der Waals surface area contributed by atoms with E-state index in [1.807, 2.05) is 13.8 Å². The first-order chi connectivity index (χ1) is 4.41. The summed E-state index contributed by atoms with van der Waals surface area (Å²) < 4.78 is 0. The fourth-order valence-electron chi connectivity index (χ4n) is 0.381. The van der Waals surface area contributed by atoms with E-state index in [2.05, 4.69) is 12.2 Å². The van der Waals surface area contributed by atoms with Crippen LogP contribution in [0.3, 0.4) is 0 Å². The van der Waals surface area contributed by atoms with Crippen molar-refractivity contribution in [1.82, 2.24) is 5.32 Å². The van der Waals surface area contributed by atoms with Crippen molar-refractivity contribution in [3.63, 3.8) is 0 Å². The molecule has 0 aliphatic heterocycles. The molecule has 0 aliphatic carbocycles. The van der Waals surface area contributed by atoms with Crippen LogP contribution in [0.25, 0.3) is 0 Å². The van der Waals surface area contributed by atoms with Crippen LogP contribution in [0.1, 0.15) is 27.2 Å². The average molecular weight is 133 g/mol. The van der Waals surface area contributed by atoms with Gasteiger partial charge in [0.25, 0.3) is 0 Å². The molecule has 0 rings (SSSR count). The Labute approximate surface area is 58.3 Å². The first-order valence-electron chi connectivity index (χ1n) is 3.73. The van der Waals surface area contributed by atoms with E-state index in [-0.39, 0.29) is 6.61 Å². The average Bonchev–Trinajstić information content (AvgIpc) is 1.94. The topological polar surface area (TPSA) is 32.3 Å². The van der Waals surface area contributed by atoms with Crippen LogP contribution >= 0.6 is 0 Å². The lowest BCUT2D eigenvalue weighted by Gasteiger charge is -1.95. The van der Waals surface area contributed by atoms with Crippen LogP contribution < -0.4 is 5.32 Å². The van der Waals surface area contributed by atoms with Gasteiger partial charge in [-0.15, -0.1) is 0 Å². The van der Waals surface area contributed by atoms with Gasteiger partial charge in [0, 0.05) is 6.54 Å². The van der Waals surface area contributed by atoms with Gasteiger partial charge >= 0.3 is 0 Å². The second-order valence-electron chi connectivity index (χ2n) is 1.47. The fourth-order valence-corrected chi connectivity index (χ4v) is 0.381. The minimum absolute atomic E-state index is 0.250. The summed E-state index contributed by atoms with van der Waals surface area (Å²) >= 11 is 0. The SMILES string of the molecule is CC.CCCNCCO. The maximum absolute atomic E-state index is 8.23. The van der Waals surface area contributed by atoms with E-state index in [0.29, 0.717) is 0 Å². The molecule has 9 heavy (non-hydrogen) atoms. The van der Waals surface area contributed by atoms with Crippen molar-refractivity contribution < 1.29 is 5.11 Å². The van der Waals surface area contributed by atoms with E-state index >= 15 is 0 Å². The number of aliphatic hydroxyl groups excluding tert-OH is 1. The van der Waals surface area contributed by atoms with Gasteiger partial charge in [-0.05, 0) is 13.0 Å². The molecular weight excluding hydrogens is 114 g/mol. The van der Waals surface area contributed by atoms with Crippen molar-refractivity contribution in [3.05, 3.63) is 0 Å². The molecule has 0 fully saturated rings. The lowest BCUT2D eigenvalue weighted by Crippen LogP contribution is -2.18. The Bertz CT molecular complexity index is 28.1. The zero-order valence-corrected chi connectivity index (χ0v) is 6.78. The second kappa shape index (κ2) is 15.7. The van der Waals surface area contributed by atoms with Gasteiger partial charge in [0.05, 0.1) is 6.61 Å². The van der Waals surface area contributed by atoms with Crippen molar-refractivity contribution in [3.8, 4) is 0 Å². The molecule has 58 valence electrons. The van der Waals surface area contributed by atoms with Gasteiger partial charge in [-0.3, -0.25) is 0 Å². The van der Waals surface area contributed by atoms with Crippen molar-refractivity contribution in [1.29, 1.82) is 0 Å². The van der Waals surface area contributed by atoms with Crippen LogP contribution in [0.4, 0.5) is 0 Å². The zero-order chi connectivity index (χ0) is 7.54. The quantitative estimate of drug-likeness (QED) is 0.561. The highest BCUT2D eigenvalue weighted by Crippen LogP contribution is 1.66. The molecule has 0 heterocycles. The maximum Gasteiger partial charge on any atom is 0.0555 e. The summed E-state index contributed by atoms with van der Waals surface area (Å²) in [6, 6.07) is 0. The summed E-state index contributed by atoms with van der Waals surface area (Å²) in [7, 11) is 0. The van der Waals surface area contributed by atoms with Crippen LogP contribution in [-0.4, -0.2) is 24.8 Å². The van der Waals surface area contributed by atoms with Crippen LogP contribution in [0.5, 0.6) is 0 Å². The van der Waals surface area contributed by atoms with Crippen LogP contribution in [0.2, 0.25) is 0 Å². The minimum Gasteiger partial charge on any atom is -0.395 e. The summed E-state index contributed by atoms with van der Waals surface area (Å²) in [4.78, 5) is 0. The Kier molecular flexibility index (Phi) is 20.3. The van der Waals surface area contributed by atoms with Gasteiger partial charge in [-0.25, -0.2) is 0 Å². The lowest BCUT2D eigenvalue weighted by atomic mass is 10.5. The van der Waals surface area contributed by atoms with E-state index in [4.69, 9.17) is 5.11 Å². The third-order valence-electron chi connectivity index (χ3n) is 0.715. The molecule has 0 saturated carbocycles. The Balaban J connectivity index is 0. The van der Waals surface area contributed by atoms with Gasteiger partial charge in [-0.1, -0.05) is 20.8 Å². The van der Waals surface area contributed by atoms with Crippen molar-refractivity contribution >= 4 is 0 Å². The molecule has 0 aliphatic rings. The van der Waals surface area contributed by atoms with Crippen LogP contribution in [0, 0.1) is 0 Å². The number of hydrogen-bond acceptors (Lipinski definition) is 2. The molecule has 2 N–H and O–H groups in total. The largest absolute Gasteiger partial charge is 0.395 e. The highest BCUT2D eigenvalue weighted by atomic mass is 16.3. The molecule has 2 nitrogen and oxygen atoms in total. The molecule has 0 aromatic heterocycles. The lowest BCUT2D eigenvalue weighted by molar-refractivity contribution is 0.292. The van der Waals surface area contributed by atoms with E-state index in [1.165, 1.54) is 0 Å². The molecule has 0 bridgehead atoms. The Morgan fingerprint density at radius 1 is 1.22 bits per heavy atom. The summed E-state index contributed by atoms with van der Waals surface area (Å²) in [6.07, 6.45) is 1.14. The molecule has 0 radical (unpaired) electrons. The summed E-state index contributed by atoms with van der Waals surface area (Å²) in [5, 5.41) is 11.3. The highest BCUT2D eigenvalue weighted by Gasteiger charge is 1.77. The number of rotatable bonds is 4. The van der Waals surface area contributed by atoms with Gasteiger partial charge in [0.15, 0.2) is 0 Å². The standard InChI is InChI=1S/C5H13NO.C2H6/c1-2-3-6-4-5-7;1-2/h6-7H,2-5H2,1H3;1-2H3. The summed E-state index contributed by atoms with van der Waals surface area (Å²) in [5.74, 6) is 0. The summed E-state index contributed by atoms with van der Waals surface area (Å²) in [6.45, 7) is 8.10. The van der Waals surface area contributed by atoms with E-state index in [1.54, 1.807) is 0 Å². The third kappa shape index (κ3) is 18.1. The molecule has 0 unspecified atom stereocenters. The molecule has 0 aromatic rings. The third-order valence-corrected chi connectivity index (χ3v) is 0.715. The van der Waals surface area contributed by atoms with E-state index in [0.717, 1.165) is 19.5 Å². The van der Waals surface area contributed by atoms with Crippen molar-refractivity contribution in [2.75, 3.05) is 19.7 Å². The molecule has 2 heteroatoms. The molecule has 0 spiro atoms. The first kappa shape index (κ1) is 11.7. The molecule has 0 amide bonds. The summed E-state index contributed by atoms with van der Waals surface area (Å²) in [5.41, 5.74) is 0. The van der Waals surface area contributed by atoms with Crippen LogP contribution in [-0.2, 0) is 0 Å². The second-order valence-corrected chi connectivity index (χ2v) is 1.47. The van der Waals surface area contributed by atoms with E-state index < -0.39 is 0 Å². The minimum atomic E-state index is 0.250. The maximum atomic E-state index is 8.23. The predicted molar refractivity (Wildman–Crippen MR) is 41.6 cm³/mol. The van der Waals surface area contributed by atoms with Crippen molar-refractivity contribution in [2.24, 2.45) is 0 Å². The van der Waals surface area contributed by atoms with Gasteiger partial charge in [0.1, 0.15) is 0 Å². The smallest absolute Gasteiger partial charge is 0.0555 e. The zero-order valence-electron chi connectivity index (χ0n) is 6.78. The molecule has 0 saturated heterocycles. The molecule has 0 atom stereocenters. The Morgan fingerprint density at radius 3 is 2.11 bits per heavy atom. The van der Waals surface area contributed by atoms with Crippen molar-refractivity contribution in [2.45, 2.75) is 27.2 Å². The predicted octanol–water partition coefficient (Wildman–Crippen LogP) is 1.00. The van der Waals surface area contributed by atoms with Gasteiger partial charge in [0.2, 0.25) is 0 Å². The van der Waals surface area contributed by atoms with Gasteiger partial charge in [-0.2, -0.15) is 0 Å². The normalized spacial score (nSPS) is 8.00. The first-order valence-corrected chi connectivity index (χ1v) is 3.73. The van der Waals surface area contributed by atoms with E-state index in [9.17, 15) is 0 Å². The van der Waals surface area contributed by atoms with Gasteiger partial charge < -0.3 is 10.4 Å². The molecular formula is C7H19NO. The number of hydrogen-bond donors (Lipinski definition) is 2. The monoisotopic (exact) mass is 133 g/mol. The number of aliphatic hydroxyl groups is 1. The fraction of sp³-hybridized carbons (Fsp3) is 1.00. The highest BCUT2D eigenvalue weighted by molar-refractivity contribution is 4.39. The number of nitrogens with one attached hydrogen (secondary N) is 1. The van der Waals surface area contributed by atoms with Crippen LogP contribution in [0.15, 0.2) is 0 Å².